The van der Waals surface area contributed by atoms with Gasteiger partial charge in [-0.2, -0.15) is 0 Å². The zero-order chi connectivity index (χ0) is 27.4. The summed E-state index contributed by atoms with van der Waals surface area (Å²) in [6.45, 7) is -0.0501. The largest absolute Gasteiger partial charge is 0.495 e. The van der Waals surface area contributed by atoms with Crippen molar-refractivity contribution >= 4 is 56.3 Å². The van der Waals surface area contributed by atoms with E-state index < -0.39 is 24.4 Å². The minimum atomic E-state index is -0.671. The summed E-state index contributed by atoms with van der Waals surface area (Å²) in [5.41, 5.74) is 2.26. The molecule has 1 aliphatic rings. The van der Waals surface area contributed by atoms with Crippen LogP contribution in [0.4, 0.5) is 10.5 Å². The Morgan fingerprint density at radius 3 is 2.56 bits per heavy atom. The lowest BCUT2D eigenvalue weighted by Gasteiger charge is -2.13. The monoisotopic (exact) mass is 585 g/mol. The number of hydrogen-bond donors (Lipinski definition) is 2. The van der Waals surface area contributed by atoms with Crippen LogP contribution in [-0.4, -0.2) is 36.4 Å². The third-order valence-corrected chi connectivity index (χ3v) is 6.79. The quantitative estimate of drug-likeness (QED) is 0.203. The zero-order valence-electron chi connectivity index (χ0n) is 20.9. The van der Waals surface area contributed by atoms with Gasteiger partial charge in [-0.1, -0.05) is 60.7 Å². The molecule has 1 saturated heterocycles. The number of urea groups is 1. The maximum Gasteiger partial charge on any atom is 0.329 e. The van der Waals surface area contributed by atoms with Crippen LogP contribution in [-0.2, 0) is 16.2 Å². The van der Waals surface area contributed by atoms with Gasteiger partial charge in [0.1, 0.15) is 30.3 Å². The topological polar surface area (TPSA) is 97.0 Å². The number of nitrogens with zero attached hydrogens (tertiary/aromatic N) is 1. The van der Waals surface area contributed by atoms with Crippen LogP contribution in [0.1, 0.15) is 11.1 Å². The number of nitrogens with one attached hydrogen (secondary N) is 2. The summed E-state index contributed by atoms with van der Waals surface area (Å²) in [4.78, 5) is 38.7. The number of fused-ring (bicyclic) bond motifs is 1. The van der Waals surface area contributed by atoms with Crippen molar-refractivity contribution in [3.05, 3.63) is 106 Å². The molecule has 0 bridgehead atoms. The fourth-order valence-electron chi connectivity index (χ4n) is 4.26. The highest BCUT2D eigenvalue weighted by Crippen LogP contribution is 2.29. The summed E-state index contributed by atoms with van der Waals surface area (Å²) < 4.78 is 12.0. The molecule has 0 saturated carbocycles. The van der Waals surface area contributed by atoms with E-state index >= 15 is 0 Å². The van der Waals surface area contributed by atoms with Crippen LogP contribution < -0.4 is 20.1 Å². The van der Waals surface area contributed by atoms with Gasteiger partial charge in [0, 0.05) is 0 Å². The Hall–Kier alpha value is -4.63. The van der Waals surface area contributed by atoms with E-state index in [9.17, 15) is 14.4 Å². The molecule has 39 heavy (non-hydrogen) atoms. The summed E-state index contributed by atoms with van der Waals surface area (Å²) in [7, 11) is 1.49. The van der Waals surface area contributed by atoms with Gasteiger partial charge in [0.2, 0.25) is 5.91 Å². The van der Waals surface area contributed by atoms with Gasteiger partial charge < -0.3 is 20.1 Å². The second-order valence-corrected chi connectivity index (χ2v) is 9.60. The van der Waals surface area contributed by atoms with Crippen molar-refractivity contribution in [3.8, 4) is 11.5 Å². The number of rotatable bonds is 8. The molecule has 0 aliphatic carbocycles. The molecular formula is C30H24BrN3O5. The Bertz CT molecular complexity index is 1610. The van der Waals surface area contributed by atoms with E-state index in [-0.39, 0.29) is 5.70 Å². The molecule has 4 aromatic carbocycles. The first-order valence-electron chi connectivity index (χ1n) is 12.1. The van der Waals surface area contributed by atoms with Gasteiger partial charge in [-0.25, -0.2) is 9.69 Å². The molecule has 0 unspecified atom stereocenters. The minimum absolute atomic E-state index is 0.0708. The van der Waals surface area contributed by atoms with E-state index in [1.165, 1.54) is 7.11 Å². The fourth-order valence-corrected chi connectivity index (χ4v) is 4.77. The van der Waals surface area contributed by atoms with Crippen LogP contribution in [0.5, 0.6) is 11.5 Å². The van der Waals surface area contributed by atoms with E-state index in [1.807, 2.05) is 24.3 Å². The maximum atomic E-state index is 12.9. The Balaban J connectivity index is 1.24. The first-order chi connectivity index (χ1) is 18.9. The number of anilines is 1. The van der Waals surface area contributed by atoms with E-state index in [0.29, 0.717) is 33.8 Å². The molecular weight excluding hydrogens is 562 g/mol. The molecule has 196 valence electrons. The first-order valence-corrected chi connectivity index (χ1v) is 12.9. The summed E-state index contributed by atoms with van der Waals surface area (Å²) >= 11 is 3.53. The number of carbonyl (C=O) groups excluding carboxylic acids is 3. The lowest BCUT2D eigenvalue weighted by molar-refractivity contribution is -0.127. The van der Waals surface area contributed by atoms with Gasteiger partial charge in [0.15, 0.2) is 0 Å². The number of para-hydroxylation sites is 2. The van der Waals surface area contributed by atoms with Gasteiger partial charge >= 0.3 is 6.03 Å². The second-order valence-electron chi connectivity index (χ2n) is 8.74. The van der Waals surface area contributed by atoms with Crippen LogP contribution in [0, 0.1) is 0 Å². The lowest BCUT2D eigenvalue weighted by Crippen LogP contribution is -2.38. The van der Waals surface area contributed by atoms with Crippen molar-refractivity contribution in [2.45, 2.75) is 6.61 Å². The van der Waals surface area contributed by atoms with Gasteiger partial charge in [-0.3, -0.25) is 9.59 Å². The van der Waals surface area contributed by atoms with Crippen molar-refractivity contribution in [3.63, 3.8) is 0 Å². The van der Waals surface area contributed by atoms with Crippen molar-refractivity contribution in [2.75, 3.05) is 19.0 Å². The summed E-state index contributed by atoms with van der Waals surface area (Å²) in [6, 6.07) is 25.8. The first kappa shape index (κ1) is 26.0. The molecule has 8 nitrogen and oxygen atoms in total. The molecule has 4 amide bonds. The fraction of sp³-hybridized carbons (Fsp3) is 0.100. The molecule has 1 heterocycles. The standard InChI is InChI=1S/C30H24BrN3O5/c1-38-27-12-5-4-11-24(27)32-28(35)17-34-29(36)25(33-30(34)37)16-19-13-14-26(23(31)15-19)39-18-21-9-6-8-20-7-2-3-10-22(20)21/h2-16H,17-18H2,1H3,(H,32,35)(H,33,37)/b25-16+. The summed E-state index contributed by atoms with van der Waals surface area (Å²) in [5, 5.41) is 7.48. The molecule has 9 heteroatoms. The number of benzene rings is 4. The summed E-state index contributed by atoms with van der Waals surface area (Å²) in [5.74, 6) is -0.0115. The number of ether oxygens (including phenoxy) is 2. The SMILES string of the molecule is COc1ccccc1NC(=O)CN1C(=O)N/C(=C/c2ccc(OCc3cccc4ccccc34)c(Br)c2)C1=O. The Morgan fingerprint density at radius 1 is 0.974 bits per heavy atom. The lowest BCUT2D eigenvalue weighted by atomic mass is 10.1. The highest BCUT2D eigenvalue weighted by atomic mass is 79.9. The van der Waals surface area contributed by atoms with Crippen LogP contribution in [0.25, 0.3) is 16.8 Å². The third kappa shape index (κ3) is 5.78. The number of carbonyl (C=O) groups is 3. The van der Waals surface area contributed by atoms with E-state index in [0.717, 1.165) is 21.2 Å². The Morgan fingerprint density at radius 2 is 1.74 bits per heavy atom. The highest BCUT2D eigenvalue weighted by Gasteiger charge is 2.35. The van der Waals surface area contributed by atoms with Gasteiger partial charge in [0.05, 0.1) is 17.3 Å². The van der Waals surface area contributed by atoms with Crippen LogP contribution >= 0.6 is 15.9 Å². The summed E-state index contributed by atoms with van der Waals surface area (Å²) in [6.07, 6.45) is 1.55. The zero-order valence-corrected chi connectivity index (χ0v) is 22.5. The van der Waals surface area contributed by atoms with Crippen molar-refractivity contribution in [1.29, 1.82) is 0 Å². The molecule has 0 atom stereocenters. The van der Waals surface area contributed by atoms with Crippen LogP contribution in [0.15, 0.2) is 95.1 Å². The molecule has 0 aromatic heterocycles. The van der Waals surface area contributed by atoms with Gasteiger partial charge in [0.25, 0.3) is 5.91 Å². The predicted octanol–water partition coefficient (Wildman–Crippen LogP) is 5.72. The predicted molar refractivity (Wildman–Crippen MR) is 152 cm³/mol. The molecule has 0 spiro atoms. The number of hydrogen-bond acceptors (Lipinski definition) is 5. The van der Waals surface area contributed by atoms with Crippen LogP contribution in [0.2, 0.25) is 0 Å². The van der Waals surface area contributed by atoms with Crippen molar-refractivity contribution < 1.29 is 23.9 Å². The number of imide groups is 1. The van der Waals surface area contributed by atoms with Gasteiger partial charge in [-0.05, 0) is 68.2 Å². The second kappa shape index (κ2) is 11.4. The molecule has 1 aliphatic heterocycles. The van der Waals surface area contributed by atoms with E-state index in [2.05, 4.69) is 44.8 Å². The van der Waals surface area contributed by atoms with Gasteiger partial charge in [-0.15, -0.1) is 0 Å². The molecule has 0 radical (unpaired) electrons. The molecule has 1 fully saturated rings. The maximum absolute atomic E-state index is 12.9. The number of amides is 4. The molecule has 4 aromatic rings. The number of methoxy groups -OCH3 is 1. The molecule has 5 rings (SSSR count). The smallest absolute Gasteiger partial charge is 0.329 e. The Kier molecular flexibility index (Phi) is 7.60. The average molecular weight is 586 g/mol. The van der Waals surface area contributed by atoms with E-state index in [1.54, 1.807) is 48.5 Å². The van der Waals surface area contributed by atoms with E-state index in [4.69, 9.17) is 9.47 Å². The third-order valence-electron chi connectivity index (χ3n) is 6.18. The van der Waals surface area contributed by atoms with Crippen molar-refractivity contribution in [2.24, 2.45) is 0 Å². The van der Waals surface area contributed by atoms with Crippen molar-refractivity contribution in [1.82, 2.24) is 10.2 Å². The highest BCUT2D eigenvalue weighted by molar-refractivity contribution is 9.10. The molecule has 2 N–H and O–H groups in total. The van der Waals surface area contributed by atoms with Crippen LogP contribution in [0.3, 0.4) is 0 Å². The normalized spacial score (nSPS) is 14.0. The minimum Gasteiger partial charge on any atom is -0.495 e. The Labute approximate surface area is 233 Å². The average Bonchev–Trinajstić information content (AvgIpc) is 3.20. The number of halogens is 1.